The first kappa shape index (κ1) is 7.48. The molecule has 1 aromatic carbocycles. The molecule has 0 aliphatic rings. The van der Waals surface area contributed by atoms with Gasteiger partial charge in [-0.15, -0.1) is 0 Å². The second-order valence-corrected chi connectivity index (χ2v) is 2.86. The lowest BCUT2D eigenvalue weighted by Crippen LogP contribution is -1.78. The summed E-state index contributed by atoms with van der Waals surface area (Å²) >= 11 is 3.37. The van der Waals surface area contributed by atoms with Crippen molar-refractivity contribution in [3.63, 3.8) is 0 Å². The molecule has 1 nitrogen and oxygen atoms in total. The lowest BCUT2D eigenvalue weighted by Gasteiger charge is -1.91. The molecule has 0 aliphatic heterocycles. The molecule has 0 heterocycles. The number of nitrogens with zero attached hydrogens (tertiary/aromatic N) is 1. The van der Waals surface area contributed by atoms with E-state index >= 15 is 0 Å². The Morgan fingerprint density at radius 2 is 2.30 bits per heavy atom. The molecule has 2 heteroatoms. The molecule has 0 saturated carbocycles. The first-order valence-corrected chi connectivity index (χ1v) is 3.80. The van der Waals surface area contributed by atoms with Crippen molar-refractivity contribution in [2.45, 2.75) is 0 Å². The smallest absolute Gasteiger partial charge is 0.0281 e. The van der Waals surface area contributed by atoms with Gasteiger partial charge >= 0.3 is 0 Å². The first-order chi connectivity index (χ1) is 4.83. The van der Waals surface area contributed by atoms with Crippen LogP contribution in [0.5, 0.6) is 0 Å². The second kappa shape index (κ2) is 3.52. The molecule has 0 aliphatic carbocycles. The van der Waals surface area contributed by atoms with Crippen LogP contribution in [0.25, 0.3) is 0 Å². The first-order valence-electron chi connectivity index (χ1n) is 3.00. The molecule has 0 spiro atoms. The summed E-state index contributed by atoms with van der Waals surface area (Å²) in [7, 11) is 1.76. The van der Waals surface area contributed by atoms with E-state index in [2.05, 4.69) is 20.9 Å². The summed E-state index contributed by atoms with van der Waals surface area (Å²) in [6, 6.07) is 8.01. The Morgan fingerprint density at radius 1 is 1.50 bits per heavy atom. The second-order valence-electron chi connectivity index (χ2n) is 1.94. The summed E-state index contributed by atoms with van der Waals surface area (Å²) in [5.41, 5.74) is 1.12. The van der Waals surface area contributed by atoms with E-state index in [1.165, 1.54) is 0 Å². The summed E-state index contributed by atoms with van der Waals surface area (Å²) in [5.74, 6) is 0. The zero-order chi connectivity index (χ0) is 7.40. The fourth-order valence-electron chi connectivity index (χ4n) is 0.736. The van der Waals surface area contributed by atoms with Crippen LogP contribution in [0.3, 0.4) is 0 Å². The molecule has 0 bridgehead atoms. The maximum Gasteiger partial charge on any atom is 0.0281 e. The number of aliphatic imine (C=N–C) groups is 1. The number of halogens is 1. The average Bonchev–Trinajstić information content (AvgIpc) is 1.88. The van der Waals surface area contributed by atoms with Crippen LogP contribution in [0.2, 0.25) is 0 Å². The fraction of sp³-hybridized carbons (Fsp3) is 0.125. The zero-order valence-electron chi connectivity index (χ0n) is 5.71. The molecule has 0 saturated heterocycles. The number of hydrogen-bond donors (Lipinski definition) is 0. The summed E-state index contributed by atoms with van der Waals surface area (Å²) < 4.78 is 1.09. The molecular weight excluding hydrogens is 190 g/mol. The van der Waals surface area contributed by atoms with Crippen LogP contribution in [-0.4, -0.2) is 13.3 Å². The Labute approximate surface area is 68.9 Å². The zero-order valence-corrected chi connectivity index (χ0v) is 7.30. The lowest BCUT2D eigenvalue weighted by atomic mass is 10.2. The van der Waals surface area contributed by atoms with E-state index < -0.39 is 0 Å². The van der Waals surface area contributed by atoms with Gasteiger partial charge in [0.15, 0.2) is 0 Å². The van der Waals surface area contributed by atoms with Crippen molar-refractivity contribution in [3.8, 4) is 0 Å². The normalized spacial score (nSPS) is 10.6. The van der Waals surface area contributed by atoms with Crippen molar-refractivity contribution in [1.82, 2.24) is 0 Å². The highest BCUT2D eigenvalue weighted by Crippen LogP contribution is 2.09. The summed E-state index contributed by atoms with van der Waals surface area (Å²) in [6.07, 6.45) is 1.82. The minimum absolute atomic E-state index is 1.09. The minimum atomic E-state index is 1.09. The third-order valence-corrected chi connectivity index (χ3v) is 1.62. The van der Waals surface area contributed by atoms with Gasteiger partial charge in [-0.25, -0.2) is 0 Å². The van der Waals surface area contributed by atoms with Gasteiger partial charge in [0, 0.05) is 17.7 Å². The number of benzene rings is 1. The molecule has 1 aromatic rings. The predicted molar refractivity (Wildman–Crippen MR) is 47.7 cm³/mol. The van der Waals surface area contributed by atoms with E-state index in [4.69, 9.17) is 0 Å². The van der Waals surface area contributed by atoms with Gasteiger partial charge in [0.05, 0.1) is 0 Å². The van der Waals surface area contributed by atoms with Crippen LogP contribution in [-0.2, 0) is 0 Å². The molecular formula is C8H8BrN. The molecule has 52 valence electrons. The Bertz CT molecular complexity index is 243. The van der Waals surface area contributed by atoms with Crippen LogP contribution in [0, 0.1) is 0 Å². The maximum atomic E-state index is 3.90. The van der Waals surface area contributed by atoms with Crippen molar-refractivity contribution in [2.75, 3.05) is 7.05 Å². The van der Waals surface area contributed by atoms with E-state index in [0.29, 0.717) is 0 Å². The van der Waals surface area contributed by atoms with E-state index in [1.807, 2.05) is 30.5 Å². The molecule has 0 unspecified atom stereocenters. The van der Waals surface area contributed by atoms with Crippen molar-refractivity contribution in [1.29, 1.82) is 0 Å². The minimum Gasteiger partial charge on any atom is -0.296 e. The van der Waals surface area contributed by atoms with Crippen LogP contribution in [0.4, 0.5) is 0 Å². The van der Waals surface area contributed by atoms with Crippen LogP contribution < -0.4 is 0 Å². The third-order valence-electron chi connectivity index (χ3n) is 1.13. The van der Waals surface area contributed by atoms with Gasteiger partial charge < -0.3 is 0 Å². The molecule has 0 atom stereocenters. The van der Waals surface area contributed by atoms with Crippen LogP contribution in [0.1, 0.15) is 5.56 Å². The quantitative estimate of drug-likeness (QED) is 0.614. The SMILES string of the molecule is CN=Cc1cccc(Br)c1. The van der Waals surface area contributed by atoms with Gasteiger partial charge in [0.25, 0.3) is 0 Å². The summed E-state index contributed by atoms with van der Waals surface area (Å²) in [6.45, 7) is 0. The van der Waals surface area contributed by atoms with Gasteiger partial charge in [0.1, 0.15) is 0 Å². The highest BCUT2D eigenvalue weighted by atomic mass is 79.9. The molecule has 0 amide bonds. The predicted octanol–water partition coefficient (Wildman–Crippen LogP) is 2.50. The van der Waals surface area contributed by atoms with Crippen molar-refractivity contribution in [3.05, 3.63) is 34.3 Å². The molecule has 1 rings (SSSR count). The third kappa shape index (κ3) is 1.95. The molecule has 10 heavy (non-hydrogen) atoms. The average molecular weight is 198 g/mol. The summed E-state index contributed by atoms with van der Waals surface area (Å²) in [5, 5.41) is 0. The standard InChI is InChI=1S/C8H8BrN/c1-10-6-7-3-2-4-8(9)5-7/h2-6H,1H3. The highest BCUT2D eigenvalue weighted by molar-refractivity contribution is 9.10. The van der Waals surface area contributed by atoms with E-state index in [-0.39, 0.29) is 0 Å². The highest BCUT2D eigenvalue weighted by Gasteiger charge is 1.86. The molecule has 0 N–H and O–H groups in total. The Hall–Kier alpha value is -0.630. The van der Waals surface area contributed by atoms with Crippen LogP contribution in [0.15, 0.2) is 33.7 Å². The molecule has 0 fully saturated rings. The maximum absolute atomic E-state index is 3.90. The number of hydrogen-bond acceptors (Lipinski definition) is 1. The topological polar surface area (TPSA) is 12.4 Å². The van der Waals surface area contributed by atoms with Crippen molar-refractivity contribution in [2.24, 2.45) is 4.99 Å². The van der Waals surface area contributed by atoms with Gasteiger partial charge in [-0.2, -0.15) is 0 Å². The van der Waals surface area contributed by atoms with E-state index in [1.54, 1.807) is 7.05 Å². The van der Waals surface area contributed by atoms with Crippen LogP contribution >= 0.6 is 15.9 Å². The Kier molecular flexibility index (Phi) is 2.63. The fourth-order valence-corrected chi connectivity index (χ4v) is 1.15. The lowest BCUT2D eigenvalue weighted by molar-refractivity contribution is 1.46. The van der Waals surface area contributed by atoms with Crippen molar-refractivity contribution >= 4 is 22.1 Å². The Morgan fingerprint density at radius 3 is 2.90 bits per heavy atom. The van der Waals surface area contributed by atoms with Gasteiger partial charge in [-0.05, 0) is 17.7 Å². The molecule has 0 radical (unpaired) electrons. The van der Waals surface area contributed by atoms with Crippen molar-refractivity contribution < 1.29 is 0 Å². The summed E-state index contributed by atoms with van der Waals surface area (Å²) in [4.78, 5) is 3.90. The van der Waals surface area contributed by atoms with Gasteiger partial charge in [-0.3, -0.25) is 4.99 Å². The Balaban J connectivity index is 2.95. The van der Waals surface area contributed by atoms with Gasteiger partial charge in [-0.1, -0.05) is 28.1 Å². The van der Waals surface area contributed by atoms with Gasteiger partial charge in [0.2, 0.25) is 0 Å². The monoisotopic (exact) mass is 197 g/mol. The van der Waals surface area contributed by atoms with E-state index in [0.717, 1.165) is 10.0 Å². The largest absolute Gasteiger partial charge is 0.296 e. The molecule has 0 aromatic heterocycles. The van der Waals surface area contributed by atoms with E-state index in [9.17, 15) is 0 Å². The number of rotatable bonds is 1.